The summed E-state index contributed by atoms with van der Waals surface area (Å²) in [5.74, 6) is 0.541. The van der Waals surface area contributed by atoms with Crippen molar-refractivity contribution in [1.29, 1.82) is 0 Å². The highest BCUT2D eigenvalue weighted by Crippen LogP contribution is 2.28. The van der Waals surface area contributed by atoms with Gasteiger partial charge >= 0.3 is 0 Å². The van der Waals surface area contributed by atoms with Crippen molar-refractivity contribution in [3.63, 3.8) is 0 Å². The molecule has 2 heterocycles. The molecule has 2 aromatic heterocycles. The molecule has 0 aliphatic carbocycles. The van der Waals surface area contributed by atoms with Gasteiger partial charge in [0.25, 0.3) is 0 Å². The lowest BCUT2D eigenvalue weighted by Gasteiger charge is -2.06. The first kappa shape index (κ1) is 13.7. The van der Waals surface area contributed by atoms with Gasteiger partial charge in [0.1, 0.15) is 0 Å². The molecule has 3 aromatic rings. The van der Waals surface area contributed by atoms with Crippen molar-refractivity contribution in [3.05, 3.63) is 53.3 Å². The van der Waals surface area contributed by atoms with Crippen LogP contribution in [-0.2, 0) is 0 Å². The zero-order chi connectivity index (χ0) is 15.1. The summed E-state index contributed by atoms with van der Waals surface area (Å²) in [5.41, 5.74) is 13.4. The molecule has 0 saturated carbocycles. The topological polar surface area (TPSA) is 43.3 Å². The average molecular weight is 279 g/mol. The van der Waals surface area contributed by atoms with Gasteiger partial charge in [0, 0.05) is 17.5 Å². The fourth-order valence-electron chi connectivity index (χ4n) is 2.73. The van der Waals surface area contributed by atoms with E-state index in [1.807, 2.05) is 13.0 Å². The van der Waals surface area contributed by atoms with Crippen LogP contribution in [0, 0.1) is 13.8 Å². The van der Waals surface area contributed by atoms with E-state index in [-0.39, 0.29) is 0 Å². The molecule has 1 aromatic carbocycles. The van der Waals surface area contributed by atoms with Crippen LogP contribution in [0.25, 0.3) is 16.9 Å². The van der Waals surface area contributed by atoms with Crippen LogP contribution < -0.4 is 5.73 Å². The Morgan fingerprint density at radius 1 is 1.10 bits per heavy atom. The Hall–Kier alpha value is -2.29. The van der Waals surface area contributed by atoms with Gasteiger partial charge in [0.05, 0.1) is 11.4 Å². The Balaban J connectivity index is 2.16. The number of rotatable bonds is 2. The van der Waals surface area contributed by atoms with E-state index in [0.29, 0.717) is 5.92 Å². The standard InChI is InChI=1S/C18H21N3/c1-11(2)14-5-7-15(8-6-14)17-13(4)21-10-12(3)9-16(19)18(21)20-17/h5-11H,19H2,1-4H3. The van der Waals surface area contributed by atoms with Gasteiger partial charge < -0.3 is 10.1 Å². The molecular formula is C18H21N3. The first-order valence-corrected chi connectivity index (χ1v) is 7.32. The molecule has 0 atom stereocenters. The summed E-state index contributed by atoms with van der Waals surface area (Å²) in [4.78, 5) is 4.74. The van der Waals surface area contributed by atoms with E-state index in [1.165, 1.54) is 5.56 Å². The Morgan fingerprint density at radius 2 is 1.76 bits per heavy atom. The molecule has 0 aliphatic rings. The number of benzene rings is 1. The van der Waals surface area contributed by atoms with Crippen molar-refractivity contribution >= 4 is 11.3 Å². The zero-order valence-corrected chi connectivity index (χ0v) is 13.0. The van der Waals surface area contributed by atoms with E-state index in [1.54, 1.807) is 0 Å². The first-order chi connectivity index (χ1) is 9.97. The lowest BCUT2D eigenvalue weighted by atomic mass is 10.0. The molecule has 21 heavy (non-hydrogen) atoms. The van der Waals surface area contributed by atoms with Crippen LogP contribution in [0.2, 0.25) is 0 Å². The summed E-state index contributed by atoms with van der Waals surface area (Å²) in [6.45, 7) is 8.54. The molecule has 0 saturated heterocycles. The van der Waals surface area contributed by atoms with Crippen LogP contribution >= 0.6 is 0 Å². The monoisotopic (exact) mass is 279 g/mol. The molecule has 0 fully saturated rings. The normalized spacial score (nSPS) is 11.5. The molecule has 0 radical (unpaired) electrons. The summed E-state index contributed by atoms with van der Waals surface area (Å²) < 4.78 is 2.08. The highest BCUT2D eigenvalue weighted by atomic mass is 15.0. The second kappa shape index (κ2) is 4.92. The van der Waals surface area contributed by atoms with E-state index >= 15 is 0 Å². The highest BCUT2D eigenvalue weighted by Gasteiger charge is 2.13. The van der Waals surface area contributed by atoms with Gasteiger partial charge in [0.15, 0.2) is 5.65 Å². The number of hydrogen-bond acceptors (Lipinski definition) is 2. The lowest BCUT2D eigenvalue weighted by molar-refractivity contribution is 0.867. The Bertz CT molecular complexity index is 795. The second-order valence-corrected chi connectivity index (χ2v) is 5.99. The molecule has 0 bridgehead atoms. The third kappa shape index (κ3) is 2.29. The molecule has 0 aliphatic heterocycles. The maximum absolute atomic E-state index is 6.10. The quantitative estimate of drug-likeness (QED) is 0.759. The summed E-state index contributed by atoms with van der Waals surface area (Å²) in [5, 5.41) is 0. The first-order valence-electron chi connectivity index (χ1n) is 7.32. The van der Waals surface area contributed by atoms with E-state index in [9.17, 15) is 0 Å². The van der Waals surface area contributed by atoms with E-state index in [2.05, 4.69) is 55.6 Å². The Kier molecular flexibility index (Phi) is 3.20. The maximum Gasteiger partial charge on any atom is 0.160 e. The third-order valence-electron chi connectivity index (χ3n) is 3.97. The Morgan fingerprint density at radius 3 is 2.38 bits per heavy atom. The van der Waals surface area contributed by atoms with E-state index < -0.39 is 0 Å². The van der Waals surface area contributed by atoms with Crippen LogP contribution in [0.5, 0.6) is 0 Å². The maximum atomic E-state index is 6.10. The number of aryl methyl sites for hydroxylation is 2. The Labute approximate surface area is 125 Å². The predicted molar refractivity (Wildman–Crippen MR) is 88.6 cm³/mol. The fraction of sp³-hybridized carbons (Fsp3) is 0.278. The van der Waals surface area contributed by atoms with Crippen molar-refractivity contribution in [3.8, 4) is 11.3 Å². The number of imidazole rings is 1. The van der Waals surface area contributed by atoms with Crippen molar-refractivity contribution in [1.82, 2.24) is 9.38 Å². The van der Waals surface area contributed by atoms with Gasteiger partial charge in [0.2, 0.25) is 0 Å². The largest absolute Gasteiger partial charge is 0.396 e. The van der Waals surface area contributed by atoms with Crippen molar-refractivity contribution in [2.75, 3.05) is 5.73 Å². The second-order valence-electron chi connectivity index (χ2n) is 5.99. The summed E-state index contributed by atoms with van der Waals surface area (Å²) in [6.07, 6.45) is 2.08. The van der Waals surface area contributed by atoms with Crippen molar-refractivity contribution < 1.29 is 0 Å². The van der Waals surface area contributed by atoms with Gasteiger partial charge in [-0.15, -0.1) is 0 Å². The minimum atomic E-state index is 0.541. The number of fused-ring (bicyclic) bond motifs is 1. The van der Waals surface area contributed by atoms with Gasteiger partial charge in [-0.25, -0.2) is 4.98 Å². The van der Waals surface area contributed by atoms with Crippen LogP contribution in [0.15, 0.2) is 36.5 Å². The van der Waals surface area contributed by atoms with Gasteiger partial charge in [-0.05, 0) is 37.0 Å². The minimum Gasteiger partial charge on any atom is -0.396 e. The predicted octanol–water partition coefficient (Wildman–Crippen LogP) is 4.32. The highest BCUT2D eigenvalue weighted by molar-refractivity contribution is 5.73. The molecule has 3 nitrogen and oxygen atoms in total. The number of nitrogens with zero attached hydrogens (tertiary/aromatic N) is 2. The smallest absolute Gasteiger partial charge is 0.160 e. The van der Waals surface area contributed by atoms with Crippen LogP contribution in [0.4, 0.5) is 5.69 Å². The molecule has 0 amide bonds. The van der Waals surface area contributed by atoms with Crippen LogP contribution in [0.1, 0.15) is 36.6 Å². The molecule has 3 heteroatoms. The minimum absolute atomic E-state index is 0.541. The molecule has 3 rings (SSSR count). The SMILES string of the molecule is Cc1cc(N)c2nc(-c3ccc(C(C)C)cc3)c(C)n2c1. The third-order valence-corrected chi connectivity index (χ3v) is 3.97. The van der Waals surface area contributed by atoms with E-state index in [4.69, 9.17) is 10.7 Å². The summed E-state index contributed by atoms with van der Waals surface area (Å²) in [6, 6.07) is 10.6. The molecule has 0 unspecified atom stereocenters. The van der Waals surface area contributed by atoms with Crippen LogP contribution in [0.3, 0.4) is 0 Å². The van der Waals surface area contributed by atoms with Gasteiger partial charge in [-0.2, -0.15) is 0 Å². The summed E-state index contributed by atoms with van der Waals surface area (Å²) in [7, 11) is 0. The average Bonchev–Trinajstić information content (AvgIpc) is 2.77. The number of aromatic nitrogens is 2. The molecule has 0 spiro atoms. The number of hydrogen-bond donors (Lipinski definition) is 1. The number of nitrogens with two attached hydrogens (primary N) is 1. The molecule has 108 valence electrons. The van der Waals surface area contributed by atoms with Crippen molar-refractivity contribution in [2.24, 2.45) is 0 Å². The fourth-order valence-corrected chi connectivity index (χ4v) is 2.73. The molecular weight excluding hydrogens is 258 g/mol. The van der Waals surface area contributed by atoms with Crippen molar-refractivity contribution in [2.45, 2.75) is 33.6 Å². The molecule has 2 N–H and O–H groups in total. The number of anilines is 1. The number of nitrogen functional groups attached to an aromatic ring is 1. The van der Waals surface area contributed by atoms with Gasteiger partial charge in [-0.1, -0.05) is 38.1 Å². The van der Waals surface area contributed by atoms with Crippen LogP contribution in [-0.4, -0.2) is 9.38 Å². The number of pyridine rings is 1. The van der Waals surface area contributed by atoms with E-state index in [0.717, 1.165) is 33.8 Å². The lowest BCUT2D eigenvalue weighted by Crippen LogP contribution is -1.95. The summed E-state index contributed by atoms with van der Waals surface area (Å²) >= 11 is 0. The zero-order valence-electron chi connectivity index (χ0n) is 13.0. The van der Waals surface area contributed by atoms with Gasteiger partial charge in [-0.3, -0.25) is 0 Å².